The Hall–Kier alpha value is -3.33. The van der Waals surface area contributed by atoms with E-state index >= 15 is 0 Å². The predicted molar refractivity (Wildman–Crippen MR) is 98.8 cm³/mol. The van der Waals surface area contributed by atoms with Gasteiger partial charge in [-0.1, -0.05) is 12.1 Å². The summed E-state index contributed by atoms with van der Waals surface area (Å²) in [6.07, 6.45) is 1.46. The number of thiophene rings is 1. The number of nitrogens with zero attached hydrogens (tertiary/aromatic N) is 2. The first-order valence-electron chi connectivity index (χ1n) is 8.57. The fourth-order valence-corrected chi connectivity index (χ4v) is 3.95. The second kappa shape index (κ2) is 6.10. The molecule has 0 saturated carbocycles. The lowest BCUT2D eigenvalue weighted by molar-refractivity contribution is -0.131. The molecule has 2 aliphatic rings. The molecule has 8 nitrogen and oxygen atoms in total. The lowest BCUT2D eigenvalue weighted by Crippen LogP contribution is -2.40. The van der Waals surface area contributed by atoms with Gasteiger partial charge >= 0.3 is 6.03 Å². The quantitative estimate of drug-likeness (QED) is 0.680. The van der Waals surface area contributed by atoms with Crippen LogP contribution < -0.4 is 14.8 Å². The molecule has 3 amide bonds. The number of aromatic nitrogens is 1. The van der Waals surface area contributed by atoms with Crippen LogP contribution in [-0.4, -0.2) is 28.6 Å². The van der Waals surface area contributed by atoms with Crippen molar-refractivity contribution >= 4 is 23.3 Å². The lowest BCUT2D eigenvalue weighted by Gasteiger charge is -2.22. The van der Waals surface area contributed by atoms with E-state index in [9.17, 15) is 9.59 Å². The maximum atomic E-state index is 13.1. The number of fused-ring (bicyclic) bond motifs is 1. The highest BCUT2D eigenvalue weighted by molar-refractivity contribution is 7.13. The van der Waals surface area contributed by atoms with Crippen molar-refractivity contribution in [1.29, 1.82) is 0 Å². The van der Waals surface area contributed by atoms with Crippen LogP contribution in [0, 0.1) is 0 Å². The van der Waals surface area contributed by atoms with Crippen LogP contribution >= 0.6 is 11.3 Å². The van der Waals surface area contributed by atoms with Gasteiger partial charge in [-0.15, -0.1) is 11.3 Å². The molecule has 5 rings (SSSR count). The van der Waals surface area contributed by atoms with Gasteiger partial charge in [-0.05, 0) is 36.1 Å². The third kappa shape index (κ3) is 2.55. The molecular weight excluding hydrogens is 382 g/mol. The van der Waals surface area contributed by atoms with Gasteiger partial charge in [0, 0.05) is 0 Å². The molecule has 1 saturated heterocycles. The molecule has 0 radical (unpaired) electrons. The van der Waals surface area contributed by atoms with Gasteiger partial charge in [-0.2, -0.15) is 0 Å². The normalized spacial score (nSPS) is 20.7. The molecule has 9 heteroatoms. The maximum absolute atomic E-state index is 13.1. The summed E-state index contributed by atoms with van der Waals surface area (Å²) in [6.45, 7) is 1.84. The van der Waals surface area contributed by atoms with Crippen LogP contribution in [0.2, 0.25) is 0 Å². The minimum Gasteiger partial charge on any atom is -0.454 e. The molecule has 28 heavy (non-hydrogen) atoms. The van der Waals surface area contributed by atoms with Crippen LogP contribution in [0.3, 0.4) is 0 Å². The summed E-state index contributed by atoms with van der Waals surface area (Å²) in [5.74, 6) is 1.27. The molecule has 0 aliphatic carbocycles. The van der Waals surface area contributed by atoms with Crippen LogP contribution in [0.5, 0.6) is 11.5 Å². The van der Waals surface area contributed by atoms with Crippen LogP contribution in [0.15, 0.2) is 46.4 Å². The first-order valence-corrected chi connectivity index (χ1v) is 9.45. The molecule has 2 aromatic heterocycles. The molecule has 2 aliphatic heterocycles. The number of amides is 3. The topological polar surface area (TPSA) is 93.9 Å². The van der Waals surface area contributed by atoms with Gasteiger partial charge in [0.25, 0.3) is 5.91 Å². The van der Waals surface area contributed by atoms with Crippen molar-refractivity contribution in [3.63, 3.8) is 0 Å². The predicted octanol–water partition coefficient (Wildman–Crippen LogP) is 3.10. The Balaban J connectivity index is 1.40. The van der Waals surface area contributed by atoms with Crippen molar-refractivity contribution in [3.8, 4) is 22.3 Å². The van der Waals surface area contributed by atoms with Crippen molar-refractivity contribution in [2.24, 2.45) is 0 Å². The highest BCUT2D eigenvalue weighted by Crippen LogP contribution is 2.38. The molecule has 0 spiro atoms. The van der Waals surface area contributed by atoms with Crippen LogP contribution in [0.25, 0.3) is 10.8 Å². The molecular formula is C19H15N3O5S. The van der Waals surface area contributed by atoms with Crippen molar-refractivity contribution in [2.75, 3.05) is 6.79 Å². The van der Waals surface area contributed by atoms with Gasteiger partial charge < -0.3 is 19.2 Å². The minimum atomic E-state index is -1.20. The third-order valence-electron chi connectivity index (χ3n) is 4.83. The largest absolute Gasteiger partial charge is 0.454 e. The van der Waals surface area contributed by atoms with Gasteiger partial charge in [0.1, 0.15) is 11.8 Å². The monoisotopic (exact) mass is 397 g/mol. The number of rotatable bonds is 4. The summed E-state index contributed by atoms with van der Waals surface area (Å²) in [4.78, 5) is 32.0. The smallest absolute Gasteiger partial charge is 0.325 e. The number of carbonyl (C=O) groups excluding carboxylic acids is 2. The third-order valence-corrected chi connectivity index (χ3v) is 5.69. The zero-order valence-electron chi connectivity index (χ0n) is 14.8. The summed E-state index contributed by atoms with van der Waals surface area (Å²) >= 11 is 1.50. The Morgan fingerprint density at radius 1 is 1.25 bits per heavy atom. The van der Waals surface area contributed by atoms with Gasteiger partial charge in [-0.3, -0.25) is 9.69 Å². The van der Waals surface area contributed by atoms with Crippen molar-refractivity contribution < 1.29 is 23.5 Å². The number of benzene rings is 1. The SMILES string of the molecule is CC1(c2ccc3c(c2)OCO3)NC(=O)N(Cc2coc(-c3cccs3)n2)C1=O. The first kappa shape index (κ1) is 16.8. The molecule has 3 aromatic rings. The van der Waals surface area contributed by atoms with E-state index in [0.29, 0.717) is 28.6 Å². The lowest BCUT2D eigenvalue weighted by atomic mass is 9.91. The standard InChI is InChI=1S/C19H15N3O5S/c1-19(11-4-5-13-14(7-11)27-10-26-13)17(23)22(18(24)21-19)8-12-9-25-16(20-12)15-3-2-6-28-15/h2-7,9H,8,10H2,1H3,(H,21,24). The highest BCUT2D eigenvalue weighted by atomic mass is 32.1. The number of carbonyl (C=O) groups is 2. The fraction of sp³-hybridized carbons (Fsp3) is 0.211. The molecule has 1 unspecified atom stereocenters. The Morgan fingerprint density at radius 2 is 2.11 bits per heavy atom. The van der Waals surface area contributed by atoms with E-state index in [-0.39, 0.29) is 19.2 Å². The number of oxazole rings is 1. The Morgan fingerprint density at radius 3 is 2.93 bits per heavy atom. The Labute approximate surface area is 163 Å². The number of imide groups is 1. The molecule has 1 atom stereocenters. The zero-order valence-corrected chi connectivity index (χ0v) is 15.6. The van der Waals surface area contributed by atoms with E-state index in [4.69, 9.17) is 13.9 Å². The van der Waals surface area contributed by atoms with Crippen LogP contribution in [0.4, 0.5) is 4.79 Å². The van der Waals surface area contributed by atoms with Crippen LogP contribution in [0.1, 0.15) is 18.2 Å². The number of ether oxygens (including phenoxy) is 2. The Bertz CT molecular complexity index is 1080. The summed E-state index contributed by atoms with van der Waals surface area (Å²) in [6, 6.07) is 8.51. The molecule has 4 heterocycles. The van der Waals surface area contributed by atoms with Gasteiger partial charge in [-0.25, -0.2) is 9.78 Å². The molecule has 0 bridgehead atoms. The molecule has 142 valence electrons. The zero-order chi connectivity index (χ0) is 19.3. The van der Waals surface area contributed by atoms with Gasteiger partial charge in [0.15, 0.2) is 11.5 Å². The van der Waals surface area contributed by atoms with E-state index in [1.54, 1.807) is 25.1 Å². The molecule has 1 fully saturated rings. The summed E-state index contributed by atoms with van der Waals surface area (Å²) in [7, 11) is 0. The van der Waals surface area contributed by atoms with E-state index < -0.39 is 11.6 Å². The van der Waals surface area contributed by atoms with Crippen molar-refractivity contribution in [3.05, 3.63) is 53.2 Å². The minimum absolute atomic E-state index is 0.0275. The summed E-state index contributed by atoms with van der Waals surface area (Å²) in [5.41, 5.74) is -0.0721. The second-order valence-corrected chi connectivity index (χ2v) is 7.58. The van der Waals surface area contributed by atoms with E-state index in [0.717, 1.165) is 9.78 Å². The van der Waals surface area contributed by atoms with Crippen molar-refractivity contribution in [2.45, 2.75) is 19.0 Å². The molecule has 1 aromatic carbocycles. The fourth-order valence-electron chi connectivity index (χ4n) is 3.30. The summed E-state index contributed by atoms with van der Waals surface area (Å²) < 4.78 is 16.2. The molecule has 1 N–H and O–H groups in total. The average Bonchev–Trinajstić information content (AvgIpc) is 3.47. The van der Waals surface area contributed by atoms with Gasteiger partial charge in [0.2, 0.25) is 12.7 Å². The number of urea groups is 1. The number of hydrogen-bond acceptors (Lipinski definition) is 7. The van der Waals surface area contributed by atoms with Crippen LogP contribution in [-0.2, 0) is 16.9 Å². The second-order valence-electron chi connectivity index (χ2n) is 6.64. The van der Waals surface area contributed by atoms with Gasteiger partial charge in [0.05, 0.1) is 17.1 Å². The first-order chi connectivity index (χ1) is 13.5. The summed E-state index contributed by atoms with van der Waals surface area (Å²) in [5, 5.41) is 4.70. The maximum Gasteiger partial charge on any atom is 0.325 e. The van der Waals surface area contributed by atoms with E-state index in [2.05, 4.69) is 10.3 Å². The van der Waals surface area contributed by atoms with E-state index in [1.165, 1.54) is 17.6 Å². The highest BCUT2D eigenvalue weighted by Gasteiger charge is 2.49. The van der Waals surface area contributed by atoms with E-state index in [1.807, 2.05) is 17.5 Å². The Kier molecular flexibility index (Phi) is 3.66. The van der Waals surface area contributed by atoms with Crippen molar-refractivity contribution in [1.82, 2.24) is 15.2 Å². The number of nitrogens with one attached hydrogen (secondary N) is 1. The average molecular weight is 397 g/mol. The number of hydrogen-bond donors (Lipinski definition) is 1.